The monoisotopic (exact) mass is 506 g/mol. The van der Waals surface area contributed by atoms with Crippen LogP contribution in [0.4, 0.5) is 4.79 Å². The van der Waals surface area contributed by atoms with E-state index in [1.165, 1.54) is 14.0 Å². The Morgan fingerprint density at radius 2 is 1.50 bits per heavy atom. The summed E-state index contributed by atoms with van der Waals surface area (Å²) in [5.74, 6) is -2.55. The lowest BCUT2D eigenvalue weighted by Crippen LogP contribution is -2.57. The van der Waals surface area contributed by atoms with Crippen molar-refractivity contribution >= 4 is 29.8 Å². The van der Waals surface area contributed by atoms with E-state index in [0.717, 1.165) is 5.56 Å². The number of carbonyl (C=O) groups is 5. The van der Waals surface area contributed by atoms with Crippen molar-refractivity contribution in [1.82, 2.24) is 21.3 Å². The van der Waals surface area contributed by atoms with Crippen LogP contribution in [0.1, 0.15) is 46.6 Å². The molecule has 0 aliphatic rings. The molecule has 0 aromatic heterocycles. The fourth-order valence-corrected chi connectivity index (χ4v) is 3.20. The first kappa shape index (κ1) is 30.4. The molecular formula is C25H38N4O7. The first-order valence-corrected chi connectivity index (χ1v) is 11.9. The van der Waals surface area contributed by atoms with Crippen molar-refractivity contribution in [3.63, 3.8) is 0 Å². The summed E-state index contributed by atoms with van der Waals surface area (Å²) in [5, 5.41) is 10.1. The second-order valence-electron chi connectivity index (χ2n) is 9.15. The molecule has 3 atom stereocenters. The van der Waals surface area contributed by atoms with E-state index in [1.54, 1.807) is 26.0 Å². The van der Waals surface area contributed by atoms with Crippen LogP contribution in [0.3, 0.4) is 0 Å². The number of methoxy groups -OCH3 is 1. The van der Waals surface area contributed by atoms with E-state index in [-0.39, 0.29) is 18.4 Å². The molecule has 4 amide bonds. The standard InChI is InChI=1S/C25H38N4O7/c1-15(2)12-19(22(31)27-17(5)24(33)35-6)28-23(32)21(16(3)4)29-20(30)13-26-25(34)36-14-18-10-8-7-9-11-18/h7-11,15-17,19,21H,12-14H2,1-6H3,(H,26,34)(H,27,31)(H,28,32)(H,29,30)/t17-,19-,21-/m0/s1. The molecule has 0 heterocycles. The van der Waals surface area contributed by atoms with Gasteiger partial charge >= 0.3 is 12.1 Å². The van der Waals surface area contributed by atoms with Crippen LogP contribution in [0.25, 0.3) is 0 Å². The maximum Gasteiger partial charge on any atom is 0.407 e. The molecule has 1 aromatic carbocycles. The van der Waals surface area contributed by atoms with Crippen LogP contribution >= 0.6 is 0 Å². The Hall–Kier alpha value is -3.63. The molecule has 0 spiro atoms. The van der Waals surface area contributed by atoms with Crippen LogP contribution in [0.15, 0.2) is 30.3 Å². The van der Waals surface area contributed by atoms with Gasteiger partial charge in [-0.25, -0.2) is 9.59 Å². The molecule has 1 rings (SSSR count). The number of amides is 4. The van der Waals surface area contributed by atoms with Crippen molar-refractivity contribution < 1.29 is 33.4 Å². The summed E-state index contributed by atoms with van der Waals surface area (Å²) in [5.41, 5.74) is 0.801. The Kier molecular flexibility index (Phi) is 13.0. The van der Waals surface area contributed by atoms with Crippen molar-refractivity contribution in [2.45, 2.75) is 65.8 Å². The molecular weight excluding hydrogens is 468 g/mol. The molecule has 4 N–H and O–H groups in total. The molecule has 0 fully saturated rings. The van der Waals surface area contributed by atoms with Gasteiger partial charge in [-0.15, -0.1) is 0 Å². The minimum atomic E-state index is -0.958. The molecule has 0 unspecified atom stereocenters. The summed E-state index contributed by atoms with van der Waals surface area (Å²) in [6.45, 7) is 8.40. The van der Waals surface area contributed by atoms with E-state index < -0.39 is 54.5 Å². The number of carbonyl (C=O) groups excluding carboxylic acids is 5. The number of hydrogen-bond donors (Lipinski definition) is 4. The molecule has 0 radical (unpaired) electrons. The second kappa shape index (κ2) is 15.4. The van der Waals surface area contributed by atoms with E-state index in [1.807, 2.05) is 32.0 Å². The molecule has 0 bridgehead atoms. The average molecular weight is 507 g/mol. The number of hydrogen-bond acceptors (Lipinski definition) is 7. The molecule has 11 heteroatoms. The first-order chi connectivity index (χ1) is 16.9. The van der Waals surface area contributed by atoms with Gasteiger partial charge in [0.2, 0.25) is 17.7 Å². The lowest BCUT2D eigenvalue weighted by molar-refractivity contribution is -0.145. The highest BCUT2D eigenvalue weighted by atomic mass is 16.5. The third kappa shape index (κ3) is 11.2. The van der Waals surface area contributed by atoms with Gasteiger partial charge in [0.1, 0.15) is 31.3 Å². The maximum atomic E-state index is 13.0. The molecule has 0 saturated carbocycles. The molecule has 11 nitrogen and oxygen atoms in total. The zero-order valence-electron chi connectivity index (χ0n) is 21.8. The molecule has 0 aliphatic heterocycles. The zero-order chi connectivity index (χ0) is 27.3. The lowest BCUT2D eigenvalue weighted by atomic mass is 9.99. The predicted molar refractivity (Wildman–Crippen MR) is 132 cm³/mol. The molecule has 36 heavy (non-hydrogen) atoms. The first-order valence-electron chi connectivity index (χ1n) is 11.9. The summed E-state index contributed by atoms with van der Waals surface area (Å²) >= 11 is 0. The Balaban J connectivity index is 2.68. The van der Waals surface area contributed by atoms with Gasteiger partial charge in [-0.3, -0.25) is 14.4 Å². The van der Waals surface area contributed by atoms with Crippen molar-refractivity contribution in [3.8, 4) is 0 Å². The Bertz CT molecular complexity index is 890. The van der Waals surface area contributed by atoms with Crippen molar-refractivity contribution in [3.05, 3.63) is 35.9 Å². The van der Waals surface area contributed by atoms with Crippen LogP contribution in [-0.2, 0) is 35.3 Å². The van der Waals surface area contributed by atoms with Gasteiger partial charge < -0.3 is 30.7 Å². The van der Waals surface area contributed by atoms with Gasteiger partial charge in [-0.2, -0.15) is 0 Å². The highest BCUT2D eigenvalue weighted by molar-refractivity contribution is 5.94. The highest BCUT2D eigenvalue weighted by Gasteiger charge is 2.30. The quantitative estimate of drug-likeness (QED) is 0.294. The zero-order valence-corrected chi connectivity index (χ0v) is 21.8. The van der Waals surface area contributed by atoms with E-state index >= 15 is 0 Å². The number of rotatable bonds is 13. The number of nitrogens with one attached hydrogen (secondary N) is 4. The third-order valence-electron chi connectivity index (χ3n) is 5.13. The fraction of sp³-hybridized carbons (Fsp3) is 0.560. The molecule has 0 saturated heterocycles. The Morgan fingerprint density at radius 1 is 0.861 bits per heavy atom. The van der Waals surface area contributed by atoms with Gasteiger partial charge in [0.25, 0.3) is 0 Å². The van der Waals surface area contributed by atoms with E-state index in [9.17, 15) is 24.0 Å². The lowest BCUT2D eigenvalue weighted by Gasteiger charge is -2.26. The van der Waals surface area contributed by atoms with Crippen LogP contribution < -0.4 is 21.3 Å². The van der Waals surface area contributed by atoms with E-state index in [0.29, 0.717) is 6.42 Å². The van der Waals surface area contributed by atoms with E-state index in [2.05, 4.69) is 26.0 Å². The van der Waals surface area contributed by atoms with Crippen molar-refractivity contribution in [1.29, 1.82) is 0 Å². The molecule has 200 valence electrons. The summed E-state index contributed by atoms with van der Waals surface area (Å²) < 4.78 is 9.68. The second-order valence-corrected chi connectivity index (χ2v) is 9.15. The van der Waals surface area contributed by atoms with Crippen molar-refractivity contribution in [2.75, 3.05) is 13.7 Å². The largest absolute Gasteiger partial charge is 0.467 e. The van der Waals surface area contributed by atoms with Gasteiger partial charge in [-0.05, 0) is 30.7 Å². The summed E-state index contributed by atoms with van der Waals surface area (Å²) in [7, 11) is 1.21. The van der Waals surface area contributed by atoms with Gasteiger partial charge in [0, 0.05) is 0 Å². The SMILES string of the molecule is COC(=O)[C@H](C)NC(=O)[C@H](CC(C)C)NC(=O)[C@@H](NC(=O)CNC(=O)OCc1ccccc1)C(C)C. The highest BCUT2D eigenvalue weighted by Crippen LogP contribution is 2.08. The Labute approximate surface area is 212 Å². The van der Waals surface area contributed by atoms with Crippen LogP contribution in [-0.4, -0.2) is 61.6 Å². The third-order valence-corrected chi connectivity index (χ3v) is 5.13. The summed E-state index contributed by atoms with van der Waals surface area (Å²) in [4.78, 5) is 61.6. The number of benzene rings is 1. The van der Waals surface area contributed by atoms with E-state index in [4.69, 9.17) is 4.74 Å². The van der Waals surface area contributed by atoms with Gasteiger partial charge in [0.05, 0.1) is 7.11 Å². The number of ether oxygens (including phenoxy) is 2. The van der Waals surface area contributed by atoms with Crippen LogP contribution in [0.2, 0.25) is 0 Å². The number of esters is 1. The minimum absolute atomic E-state index is 0.0548. The fourth-order valence-electron chi connectivity index (χ4n) is 3.20. The topological polar surface area (TPSA) is 152 Å². The summed E-state index contributed by atoms with van der Waals surface area (Å²) in [6.07, 6.45) is -0.452. The maximum absolute atomic E-state index is 13.0. The van der Waals surface area contributed by atoms with Crippen LogP contribution in [0.5, 0.6) is 0 Å². The summed E-state index contributed by atoms with van der Waals surface area (Å²) in [6, 6.07) is 6.31. The smallest absolute Gasteiger partial charge is 0.407 e. The Morgan fingerprint density at radius 3 is 2.06 bits per heavy atom. The van der Waals surface area contributed by atoms with Crippen LogP contribution in [0, 0.1) is 11.8 Å². The molecule has 1 aromatic rings. The van der Waals surface area contributed by atoms with Crippen molar-refractivity contribution in [2.24, 2.45) is 11.8 Å². The van der Waals surface area contributed by atoms with Gasteiger partial charge in [-0.1, -0.05) is 58.0 Å². The number of alkyl carbamates (subject to hydrolysis) is 1. The minimum Gasteiger partial charge on any atom is -0.467 e. The molecule has 0 aliphatic carbocycles. The average Bonchev–Trinajstić information content (AvgIpc) is 2.83. The predicted octanol–water partition coefficient (Wildman–Crippen LogP) is 1.26. The van der Waals surface area contributed by atoms with Gasteiger partial charge in [0.15, 0.2) is 0 Å². The normalized spacial score (nSPS) is 13.2.